The van der Waals surface area contributed by atoms with Crippen molar-refractivity contribution in [3.63, 3.8) is 0 Å². The van der Waals surface area contributed by atoms with Crippen molar-refractivity contribution in [3.8, 4) is 23.3 Å². The number of rotatable bonds is 6. The Bertz CT molecular complexity index is 1520. The molecule has 1 heterocycles. The van der Waals surface area contributed by atoms with Gasteiger partial charge in [0.05, 0.1) is 11.5 Å². The van der Waals surface area contributed by atoms with Gasteiger partial charge in [-0.05, 0) is 48.4 Å². The van der Waals surface area contributed by atoms with Crippen LogP contribution in [0, 0.1) is 18.3 Å². The Hall–Kier alpha value is -5.02. The van der Waals surface area contributed by atoms with E-state index in [-0.39, 0.29) is 5.88 Å². The van der Waals surface area contributed by atoms with Crippen LogP contribution in [0.5, 0.6) is 17.2 Å². The molecule has 0 amide bonds. The van der Waals surface area contributed by atoms with E-state index in [1.807, 2.05) is 73.7 Å². The smallest absolute Gasteiger partial charge is 0.343 e. The quantitative estimate of drug-likeness (QED) is 0.264. The minimum atomic E-state index is -0.475. The summed E-state index contributed by atoms with van der Waals surface area (Å²) in [5, 5.41) is 9.89. The van der Waals surface area contributed by atoms with Crippen molar-refractivity contribution in [3.05, 3.63) is 136 Å². The Kier molecular flexibility index (Phi) is 6.60. The van der Waals surface area contributed by atoms with Gasteiger partial charge >= 0.3 is 5.97 Å². The van der Waals surface area contributed by atoms with E-state index in [0.717, 1.165) is 22.3 Å². The highest BCUT2D eigenvalue weighted by atomic mass is 16.5. The Morgan fingerprint density at radius 1 is 0.946 bits per heavy atom. The van der Waals surface area contributed by atoms with Gasteiger partial charge in [-0.15, -0.1) is 0 Å². The number of benzene rings is 4. The van der Waals surface area contributed by atoms with Crippen LogP contribution in [0.15, 0.2) is 109 Å². The summed E-state index contributed by atoms with van der Waals surface area (Å²) in [4.78, 5) is 12.6. The standard InChI is InChI=1S/C31H24N2O4/c1-20-10-12-22(13-11-20)31(34)36-25-14-15-26-28(17-25)37-30(33)27(18-32)29(26)23-8-5-9-24(16-23)35-19-21-6-3-2-4-7-21/h2-17,29H,19,33H2,1H3. The van der Waals surface area contributed by atoms with Gasteiger partial charge < -0.3 is 19.9 Å². The van der Waals surface area contributed by atoms with E-state index in [4.69, 9.17) is 19.9 Å². The lowest BCUT2D eigenvalue weighted by Gasteiger charge is -2.27. The molecular formula is C31H24N2O4. The molecule has 4 aromatic carbocycles. The molecule has 2 N–H and O–H groups in total. The third kappa shape index (κ3) is 5.16. The van der Waals surface area contributed by atoms with Crippen LogP contribution < -0.4 is 19.9 Å². The Morgan fingerprint density at radius 3 is 2.49 bits per heavy atom. The second-order valence-corrected chi connectivity index (χ2v) is 8.73. The summed E-state index contributed by atoms with van der Waals surface area (Å²) in [6, 6.07) is 31.9. The zero-order valence-electron chi connectivity index (χ0n) is 20.2. The van der Waals surface area contributed by atoms with Crippen LogP contribution in [0.25, 0.3) is 0 Å². The molecule has 1 aliphatic rings. The normalized spacial score (nSPS) is 14.2. The molecule has 37 heavy (non-hydrogen) atoms. The average Bonchev–Trinajstić information content (AvgIpc) is 2.92. The van der Waals surface area contributed by atoms with E-state index in [9.17, 15) is 10.1 Å². The van der Waals surface area contributed by atoms with Crippen molar-refractivity contribution < 1.29 is 19.0 Å². The van der Waals surface area contributed by atoms with Crippen LogP contribution in [0.4, 0.5) is 0 Å². The monoisotopic (exact) mass is 488 g/mol. The highest BCUT2D eigenvalue weighted by molar-refractivity contribution is 5.91. The van der Waals surface area contributed by atoms with Gasteiger partial charge in [-0.25, -0.2) is 4.79 Å². The summed E-state index contributed by atoms with van der Waals surface area (Å²) in [6.07, 6.45) is 0. The maximum absolute atomic E-state index is 12.6. The Balaban J connectivity index is 1.42. The molecule has 6 heteroatoms. The number of esters is 1. The number of nitrogens with zero attached hydrogens (tertiary/aromatic N) is 1. The van der Waals surface area contributed by atoms with E-state index in [1.165, 1.54) is 0 Å². The maximum Gasteiger partial charge on any atom is 0.343 e. The molecule has 5 rings (SSSR count). The summed E-state index contributed by atoms with van der Waals surface area (Å²) < 4.78 is 17.3. The predicted molar refractivity (Wildman–Crippen MR) is 139 cm³/mol. The first-order chi connectivity index (χ1) is 18.0. The summed E-state index contributed by atoms with van der Waals surface area (Å²) in [5.41, 5.74) is 10.6. The van der Waals surface area contributed by atoms with E-state index < -0.39 is 11.9 Å². The van der Waals surface area contributed by atoms with Crippen LogP contribution in [0.3, 0.4) is 0 Å². The summed E-state index contributed by atoms with van der Waals surface area (Å²) in [5.74, 6) is 0.488. The van der Waals surface area contributed by atoms with E-state index >= 15 is 0 Å². The van der Waals surface area contributed by atoms with Crippen molar-refractivity contribution in [2.45, 2.75) is 19.4 Å². The number of aryl methyl sites for hydroxylation is 1. The van der Waals surface area contributed by atoms with Crippen molar-refractivity contribution in [1.29, 1.82) is 5.26 Å². The first kappa shape index (κ1) is 23.7. The summed E-state index contributed by atoms with van der Waals surface area (Å²) >= 11 is 0. The summed E-state index contributed by atoms with van der Waals surface area (Å²) in [6.45, 7) is 2.37. The van der Waals surface area contributed by atoms with Crippen molar-refractivity contribution in [2.75, 3.05) is 0 Å². The first-order valence-electron chi connectivity index (χ1n) is 11.8. The second-order valence-electron chi connectivity index (χ2n) is 8.73. The molecule has 0 fully saturated rings. The molecule has 1 atom stereocenters. The third-order valence-corrected chi connectivity index (χ3v) is 6.13. The number of allylic oxidation sites excluding steroid dienone is 1. The lowest BCUT2D eigenvalue weighted by atomic mass is 9.83. The van der Waals surface area contributed by atoms with Crippen LogP contribution in [-0.4, -0.2) is 5.97 Å². The number of hydrogen-bond donors (Lipinski definition) is 1. The number of hydrogen-bond acceptors (Lipinski definition) is 6. The Morgan fingerprint density at radius 2 is 1.73 bits per heavy atom. The zero-order chi connectivity index (χ0) is 25.8. The van der Waals surface area contributed by atoms with Gasteiger partial charge in [-0.2, -0.15) is 5.26 Å². The lowest BCUT2D eigenvalue weighted by Crippen LogP contribution is -2.21. The largest absolute Gasteiger partial charge is 0.489 e. The second kappa shape index (κ2) is 10.3. The molecule has 0 aromatic heterocycles. The highest BCUT2D eigenvalue weighted by Gasteiger charge is 2.31. The zero-order valence-corrected chi connectivity index (χ0v) is 20.2. The van der Waals surface area contributed by atoms with Gasteiger partial charge in [0.2, 0.25) is 5.88 Å². The van der Waals surface area contributed by atoms with Gasteiger partial charge in [0.15, 0.2) is 0 Å². The van der Waals surface area contributed by atoms with Crippen molar-refractivity contribution in [1.82, 2.24) is 0 Å². The van der Waals surface area contributed by atoms with Crippen LogP contribution in [0.2, 0.25) is 0 Å². The highest BCUT2D eigenvalue weighted by Crippen LogP contribution is 2.44. The van der Waals surface area contributed by atoms with Gasteiger partial charge in [0.1, 0.15) is 35.5 Å². The molecule has 1 aliphatic heterocycles. The number of nitrogens with two attached hydrogens (primary N) is 1. The van der Waals surface area contributed by atoms with Crippen LogP contribution in [0.1, 0.15) is 38.5 Å². The van der Waals surface area contributed by atoms with Gasteiger partial charge in [-0.1, -0.05) is 66.2 Å². The van der Waals surface area contributed by atoms with E-state index in [0.29, 0.717) is 35.0 Å². The first-order valence-corrected chi connectivity index (χ1v) is 11.8. The molecular weight excluding hydrogens is 464 g/mol. The minimum Gasteiger partial charge on any atom is -0.489 e. The van der Waals surface area contributed by atoms with E-state index in [2.05, 4.69) is 6.07 Å². The van der Waals surface area contributed by atoms with Crippen molar-refractivity contribution in [2.24, 2.45) is 5.73 Å². The minimum absolute atomic E-state index is 0.0117. The molecule has 0 radical (unpaired) electrons. The number of ether oxygens (including phenoxy) is 3. The van der Waals surface area contributed by atoms with Gasteiger partial charge in [0.25, 0.3) is 0 Å². The molecule has 0 saturated carbocycles. The molecule has 0 aliphatic carbocycles. The van der Waals surface area contributed by atoms with E-state index in [1.54, 1.807) is 30.3 Å². The van der Waals surface area contributed by atoms with Crippen LogP contribution >= 0.6 is 0 Å². The molecule has 6 nitrogen and oxygen atoms in total. The molecule has 182 valence electrons. The average molecular weight is 489 g/mol. The molecule has 0 bridgehead atoms. The molecule has 0 saturated heterocycles. The third-order valence-electron chi connectivity index (χ3n) is 6.13. The maximum atomic E-state index is 12.6. The molecule has 4 aromatic rings. The molecule has 1 unspecified atom stereocenters. The van der Waals surface area contributed by atoms with Gasteiger partial charge in [-0.3, -0.25) is 0 Å². The fraction of sp³-hybridized carbons (Fsp3) is 0.0968. The fourth-order valence-corrected chi connectivity index (χ4v) is 4.22. The number of carbonyl (C=O) groups excluding carboxylic acids is 1. The number of fused-ring (bicyclic) bond motifs is 1. The predicted octanol–water partition coefficient (Wildman–Crippen LogP) is 6.01. The Labute approximate surface area is 215 Å². The number of nitriles is 1. The topological polar surface area (TPSA) is 94.6 Å². The van der Waals surface area contributed by atoms with Gasteiger partial charge in [0, 0.05) is 11.6 Å². The lowest BCUT2D eigenvalue weighted by molar-refractivity contribution is 0.0734. The van der Waals surface area contributed by atoms with Crippen molar-refractivity contribution >= 4 is 5.97 Å². The summed E-state index contributed by atoms with van der Waals surface area (Å²) in [7, 11) is 0. The number of carbonyl (C=O) groups is 1. The molecule has 0 spiro atoms. The fourth-order valence-electron chi connectivity index (χ4n) is 4.22. The SMILES string of the molecule is Cc1ccc(C(=O)Oc2ccc3c(c2)OC(N)=C(C#N)C3c2cccc(OCc3ccccc3)c2)cc1. The van der Waals surface area contributed by atoms with Crippen LogP contribution in [-0.2, 0) is 6.61 Å².